The molecule has 0 unspecified atom stereocenters. The Bertz CT molecular complexity index is 1220. The molecule has 1 aromatic heterocycles. The first-order valence-electron chi connectivity index (χ1n) is 8.64. The summed E-state index contributed by atoms with van der Waals surface area (Å²) in [5.41, 5.74) is 2.91. The van der Waals surface area contributed by atoms with Crippen LogP contribution >= 0.6 is 0 Å². The third-order valence-electron chi connectivity index (χ3n) is 4.65. The number of amides is 1. The summed E-state index contributed by atoms with van der Waals surface area (Å²) in [6, 6.07) is 12.9. The van der Waals surface area contributed by atoms with Crippen LogP contribution in [0.15, 0.2) is 58.2 Å². The van der Waals surface area contributed by atoms with E-state index >= 15 is 0 Å². The highest BCUT2D eigenvalue weighted by Crippen LogP contribution is 2.20. The number of sulfonamides is 1. The number of benzene rings is 2. The number of nitrogens with one attached hydrogen (secondary N) is 2. The Kier molecular flexibility index (Phi) is 5.35. The first kappa shape index (κ1) is 19.8. The fourth-order valence-corrected chi connectivity index (χ4v) is 4.00. The van der Waals surface area contributed by atoms with Crippen molar-refractivity contribution >= 4 is 32.5 Å². The molecule has 0 aliphatic rings. The number of rotatable bonds is 5. The van der Waals surface area contributed by atoms with Gasteiger partial charge in [-0.2, -0.15) is 4.31 Å². The van der Waals surface area contributed by atoms with Crippen LogP contribution in [0.1, 0.15) is 11.1 Å². The highest BCUT2D eigenvalue weighted by Gasteiger charge is 2.23. The van der Waals surface area contributed by atoms with Crippen LogP contribution in [0, 0.1) is 13.8 Å². The minimum absolute atomic E-state index is 0.0501. The van der Waals surface area contributed by atoms with Gasteiger partial charge >= 0.3 is 0 Å². The van der Waals surface area contributed by atoms with Crippen LogP contribution in [-0.2, 0) is 14.8 Å². The zero-order chi connectivity index (χ0) is 20.5. The fourth-order valence-electron chi connectivity index (χ4n) is 2.84. The van der Waals surface area contributed by atoms with Crippen LogP contribution in [0.25, 0.3) is 10.9 Å². The Hall–Kier alpha value is -2.97. The average Bonchev–Trinajstić information content (AvgIpc) is 2.64. The molecule has 1 heterocycles. The molecular formula is C20H21N3O4S. The Balaban J connectivity index is 1.79. The maximum absolute atomic E-state index is 12.8. The summed E-state index contributed by atoms with van der Waals surface area (Å²) in [5.74, 6) is -0.426. The number of nitrogens with zero attached hydrogens (tertiary/aromatic N) is 1. The molecule has 146 valence electrons. The number of fused-ring (bicyclic) bond motifs is 1. The smallest absolute Gasteiger partial charge is 0.248 e. The first-order chi connectivity index (χ1) is 13.2. The summed E-state index contributed by atoms with van der Waals surface area (Å²) < 4.78 is 26.7. The number of carbonyl (C=O) groups excluding carboxylic acids is 1. The Morgan fingerprint density at radius 2 is 1.86 bits per heavy atom. The van der Waals surface area contributed by atoms with Crippen LogP contribution < -0.4 is 10.9 Å². The number of H-pyrrole nitrogens is 1. The van der Waals surface area contributed by atoms with E-state index in [1.165, 1.54) is 31.3 Å². The van der Waals surface area contributed by atoms with Crippen molar-refractivity contribution in [3.63, 3.8) is 0 Å². The second-order valence-corrected chi connectivity index (χ2v) is 8.67. The van der Waals surface area contributed by atoms with E-state index in [0.717, 1.165) is 15.4 Å². The Morgan fingerprint density at radius 3 is 2.61 bits per heavy atom. The van der Waals surface area contributed by atoms with Gasteiger partial charge < -0.3 is 10.3 Å². The van der Waals surface area contributed by atoms with Crippen molar-refractivity contribution in [1.82, 2.24) is 9.29 Å². The van der Waals surface area contributed by atoms with E-state index in [0.29, 0.717) is 16.6 Å². The first-order valence-corrected chi connectivity index (χ1v) is 10.1. The molecule has 0 radical (unpaired) electrons. The van der Waals surface area contributed by atoms with Crippen molar-refractivity contribution in [1.29, 1.82) is 0 Å². The molecule has 3 rings (SSSR count). The third-order valence-corrected chi connectivity index (χ3v) is 6.45. The number of aromatic nitrogens is 1. The summed E-state index contributed by atoms with van der Waals surface area (Å²) in [5, 5.41) is 3.35. The van der Waals surface area contributed by atoms with E-state index in [-0.39, 0.29) is 17.0 Å². The summed E-state index contributed by atoms with van der Waals surface area (Å²) >= 11 is 0. The molecule has 0 fully saturated rings. The largest absolute Gasteiger partial charge is 0.325 e. The lowest BCUT2D eigenvalue weighted by Gasteiger charge is -2.18. The zero-order valence-corrected chi connectivity index (χ0v) is 16.6. The van der Waals surface area contributed by atoms with Gasteiger partial charge in [-0.25, -0.2) is 8.42 Å². The lowest BCUT2D eigenvalue weighted by molar-refractivity contribution is -0.116. The molecular weight excluding hydrogens is 378 g/mol. The molecule has 2 N–H and O–H groups in total. The molecule has 8 heteroatoms. The van der Waals surface area contributed by atoms with Crippen LogP contribution in [0.3, 0.4) is 0 Å². The molecule has 0 spiro atoms. The van der Waals surface area contributed by atoms with E-state index in [9.17, 15) is 18.0 Å². The lowest BCUT2D eigenvalue weighted by atomic mass is 10.1. The molecule has 0 saturated heterocycles. The SMILES string of the molecule is Cc1cccc(NC(=O)CN(C)S(=O)(=O)c2ccc3[nH]c(=O)ccc3c2)c1C. The van der Waals surface area contributed by atoms with Gasteiger partial charge in [-0.1, -0.05) is 12.1 Å². The second-order valence-electron chi connectivity index (χ2n) is 6.63. The molecule has 2 aromatic carbocycles. The summed E-state index contributed by atoms with van der Waals surface area (Å²) in [6.45, 7) is 3.51. The fraction of sp³-hybridized carbons (Fsp3) is 0.200. The van der Waals surface area contributed by atoms with E-state index in [1.807, 2.05) is 26.0 Å². The van der Waals surface area contributed by atoms with Crippen molar-refractivity contribution in [3.8, 4) is 0 Å². The molecule has 0 saturated carbocycles. The van der Waals surface area contributed by atoms with Crippen LogP contribution in [0.4, 0.5) is 5.69 Å². The van der Waals surface area contributed by atoms with E-state index in [2.05, 4.69) is 10.3 Å². The summed E-state index contributed by atoms with van der Waals surface area (Å²) in [7, 11) is -2.51. The number of aromatic amines is 1. The lowest BCUT2D eigenvalue weighted by Crippen LogP contribution is -2.35. The van der Waals surface area contributed by atoms with Crippen molar-refractivity contribution in [2.75, 3.05) is 18.9 Å². The van der Waals surface area contributed by atoms with E-state index < -0.39 is 15.9 Å². The second kappa shape index (κ2) is 7.57. The highest BCUT2D eigenvalue weighted by atomic mass is 32.2. The molecule has 0 bridgehead atoms. The van der Waals surface area contributed by atoms with Gasteiger partial charge in [-0.3, -0.25) is 9.59 Å². The zero-order valence-electron chi connectivity index (χ0n) is 15.8. The highest BCUT2D eigenvalue weighted by molar-refractivity contribution is 7.89. The molecule has 0 aliphatic heterocycles. The number of hydrogen-bond acceptors (Lipinski definition) is 4. The summed E-state index contributed by atoms with van der Waals surface area (Å²) in [4.78, 5) is 26.4. The van der Waals surface area contributed by atoms with Crippen LogP contribution in [0.5, 0.6) is 0 Å². The van der Waals surface area contributed by atoms with Crippen molar-refractivity contribution in [3.05, 3.63) is 70.0 Å². The average molecular weight is 399 g/mol. The Labute approximate surface area is 163 Å². The number of carbonyl (C=O) groups is 1. The minimum Gasteiger partial charge on any atom is -0.325 e. The minimum atomic E-state index is -3.87. The third kappa shape index (κ3) is 3.97. The number of likely N-dealkylation sites (N-methyl/N-ethyl adjacent to an activating group) is 1. The number of hydrogen-bond donors (Lipinski definition) is 2. The standard InChI is InChI=1S/C20H21N3O4S/c1-13-5-4-6-17(14(13)2)21-20(25)12-23(3)28(26,27)16-8-9-18-15(11-16)7-10-19(24)22-18/h4-11H,12H2,1-3H3,(H,21,25)(H,22,24). The van der Waals surface area contributed by atoms with Crippen molar-refractivity contribution in [2.24, 2.45) is 0 Å². The monoisotopic (exact) mass is 399 g/mol. The van der Waals surface area contributed by atoms with E-state index in [1.54, 1.807) is 12.1 Å². The normalized spacial score (nSPS) is 11.7. The van der Waals surface area contributed by atoms with Gasteiger partial charge in [0.15, 0.2) is 0 Å². The molecule has 0 atom stereocenters. The maximum Gasteiger partial charge on any atom is 0.248 e. The topological polar surface area (TPSA) is 99.3 Å². The number of anilines is 1. The molecule has 0 aliphatic carbocycles. The predicted molar refractivity (Wildman–Crippen MR) is 109 cm³/mol. The number of aryl methyl sites for hydroxylation is 1. The van der Waals surface area contributed by atoms with Gasteiger partial charge in [-0.15, -0.1) is 0 Å². The molecule has 7 nitrogen and oxygen atoms in total. The maximum atomic E-state index is 12.8. The van der Waals surface area contributed by atoms with Gasteiger partial charge in [0.1, 0.15) is 0 Å². The quantitative estimate of drug-likeness (QED) is 0.688. The van der Waals surface area contributed by atoms with E-state index in [4.69, 9.17) is 0 Å². The van der Waals surface area contributed by atoms with Crippen LogP contribution in [-0.4, -0.2) is 37.2 Å². The molecule has 1 amide bonds. The molecule has 28 heavy (non-hydrogen) atoms. The van der Waals surface area contributed by atoms with Gasteiger partial charge in [0, 0.05) is 24.3 Å². The van der Waals surface area contributed by atoms with Gasteiger partial charge in [0.25, 0.3) is 0 Å². The summed E-state index contributed by atoms with van der Waals surface area (Å²) in [6.07, 6.45) is 0. The Morgan fingerprint density at radius 1 is 1.11 bits per heavy atom. The van der Waals surface area contributed by atoms with Crippen LogP contribution in [0.2, 0.25) is 0 Å². The van der Waals surface area contributed by atoms with Gasteiger partial charge in [0.2, 0.25) is 21.5 Å². The number of pyridine rings is 1. The van der Waals surface area contributed by atoms with Gasteiger partial charge in [-0.05, 0) is 60.7 Å². The predicted octanol–water partition coefficient (Wildman–Crippen LogP) is 2.40. The van der Waals surface area contributed by atoms with Gasteiger partial charge in [0.05, 0.1) is 11.4 Å². The van der Waals surface area contributed by atoms with Crippen molar-refractivity contribution in [2.45, 2.75) is 18.7 Å². The van der Waals surface area contributed by atoms with Crippen molar-refractivity contribution < 1.29 is 13.2 Å². The molecule has 3 aromatic rings.